The number of ether oxygens (including phenoxy) is 1. The van der Waals surface area contributed by atoms with Crippen LogP contribution in [0.4, 0.5) is 28.7 Å². The van der Waals surface area contributed by atoms with Gasteiger partial charge in [-0.05, 0) is 48.7 Å². The van der Waals surface area contributed by atoms with Gasteiger partial charge in [0.2, 0.25) is 11.6 Å². The minimum atomic E-state index is -0.553. The van der Waals surface area contributed by atoms with E-state index in [2.05, 4.69) is 34.4 Å². The first-order valence-corrected chi connectivity index (χ1v) is 9.79. The zero-order valence-electron chi connectivity index (χ0n) is 17.5. The molecule has 0 atom stereocenters. The molecule has 0 radical (unpaired) electrons. The third kappa shape index (κ3) is 5.33. The summed E-state index contributed by atoms with van der Waals surface area (Å²) >= 11 is 0. The van der Waals surface area contributed by atoms with Crippen molar-refractivity contribution >= 4 is 34.7 Å². The average Bonchev–Trinajstić information content (AvgIpc) is 2.74. The van der Waals surface area contributed by atoms with E-state index in [4.69, 9.17) is 4.74 Å². The summed E-state index contributed by atoms with van der Waals surface area (Å²) in [6.45, 7) is 6.15. The lowest BCUT2D eigenvalue weighted by molar-refractivity contribution is -0.383. The fourth-order valence-corrected chi connectivity index (χ4v) is 2.90. The standard InChI is InChI=1S/C22H23N5O4/c1-4-31-22(28)16-6-5-7-18(12-16)26-21-19(27(29)30)20(23-13-24-21)25-17-10-8-15(9-11-17)14(2)3/h5-14H,4H2,1-3H3,(H2,23,24,25,26). The molecular formula is C22H23N5O4. The third-order valence-electron chi connectivity index (χ3n) is 4.48. The molecule has 0 saturated carbocycles. The van der Waals surface area contributed by atoms with Crippen LogP contribution in [0.3, 0.4) is 0 Å². The van der Waals surface area contributed by atoms with Crippen LogP contribution in [0.5, 0.6) is 0 Å². The van der Waals surface area contributed by atoms with E-state index >= 15 is 0 Å². The molecule has 2 aromatic carbocycles. The number of nitro groups is 1. The van der Waals surface area contributed by atoms with Crippen LogP contribution in [-0.4, -0.2) is 27.5 Å². The largest absolute Gasteiger partial charge is 0.462 e. The molecule has 9 heteroatoms. The van der Waals surface area contributed by atoms with Gasteiger partial charge in [-0.3, -0.25) is 10.1 Å². The number of benzene rings is 2. The monoisotopic (exact) mass is 421 g/mol. The molecule has 1 aromatic heterocycles. The SMILES string of the molecule is CCOC(=O)c1cccc(Nc2ncnc(Nc3ccc(C(C)C)cc3)c2[N+](=O)[O-])c1. The number of anilines is 4. The molecule has 0 bridgehead atoms. The first-order valence-electron chi connectivity index (χ1n) is 9.79. The maximum Gasteiger partial charge on any atom is 0.353 e. The lowest BCUT2D eigenvalue weighted by Gasteiger charge is -2.11. The highest BCUT2D eigenvalue weighted by atomic mass is 16.6. The molecule has 0 aliphatic rings. The molecule has 0 amide bonds. The van der Waals surface area contributed by atoms with Crippen molar-refractivity contribution in [1.29, 1.82) is 0 Å². The van der Waals surface area contributed by atoms with Gasteiger partial charge in [-0.15, -0.1) is 0 Å². The summed E-state index contributed by atoms with van der Waals surface area (Å²) < 4.78 is 4.99. The second-order valence-corrected chi connectivity index (χ2v) is 7.00. The Hall–Kier alpha value is -4.01. The van der Waals surface area contributed by atoms with Crippen molar-refractivity contribution in [2.24, 2.45) is 0 Å². The number of nitrogens with zero attached hydrogens (tertiary/aromatic N) is 3. The Kier molecular flexibility index (Phi) is 6.76. The Morgan fingerprint density at radius 2 is 1.71 bits per heavy atom. The fourth-order valence-electron chi connectivity index (χ4n) is 2.90. The molecule has 9 nitrogen and oxygen atoms in total. The fraction of sp³-hybridized carbons (Fsp3) is 0.227. The summed E-state index contributed by atoms with van der Waals surface area (Å²) in [6.07, 6.45) is 1.23. The van der Waals surface area contributed by atoms with Gasteiger partial charge in [-0.25, -0.2) is 14.8 Å². The molecular weight excluding hydrogens is 398 g/mol. The molecule has 31 heavy (non-hydrogen) atoms. The van der Waals surface area contributed by atoms with Crippen LogP contribution in [0, 0.1) is 10.1 Å². The average molecular weight is 421 g/mol. The van der Waals surface area contributed by atoms with E-state index in [-0.39, 0.29) is 23.9 Å². The van der Waals surface area contributed by atoms with Crippen LogP contribution < -0.4 is 10.6 Å². The predicted molar refractivity (Wildman–Crippen MR) is 118 cm³/mol. The first kappa shape index (κ1) is 21.7. The zero-order valence-corrected chi connectivity index (χ0v) is 17.5. The highest BCUT2D eigenvalue weighted by Gasteiger charge is 2.23. The summed E-state index contributed by atoms with van der Waals surface area (Å²) in [5, 5.41) is 17.7. The maximum atomic E-state index is 12.0. The number of aromatic nitrogens is 2. The predicted octanol–water partition coefficient (Wildman–Crippen LogP) is 5.17. The molecule has 2 N–H and O–H groups in total. The molecule has 0 aliphatic heterocycles. The topological polar surface area (TPSA) is 119 Å². The smallest absolute Gasteiger partial charge is 0.353 e. The van der Waals surface area contributed by atoms with Gasteiger partial charge in [0.25, 0.3) is 0 Å². The molecule has 0 aliphatic carbocycles. The minimum Gasteiger partial charge on any atom is -0.462 e. The van der Waals surface area contributed by atoms with Crippen molar-refractivity contribution in [3.63, 3.8) is 0 Å². The zero-order chi connectivity index (χ0) is 22.4. The highest BCUT2D eigenvalue weighted by Crippen LogP contribution is 2.33. The van der Waals surface area contributed by atoms with Crippen LogP contribution in [0.1, 0.15) is 42.6 Å². The number of carbonyl (C=O) groups excluding carboxylic acids is 1. The Morgan fingerprint density at radius 1 is 1.06 bits per heavy atom. The van der Waals surface area contributed by atoms with Gasteiger partial charge in [0.05, 0.1) is 17.1 Å². The Bertz CT molecular complexity index is 1080. The highest BCUT2D eigenvalue weighted by molar-refractivity contribution is 5.91. The van der Waals surface area contributed by atoms with Gasteiger partial charge in [0.1, 0.15) is 6.33 Å². The first-order chi connectivity index (χ1) is 14.9. The van der Waals surface area contributed by atoms with Gasteiger partial charge in [-0.1, -0.05) is 32.0 Å². The number of nitrogens with one attached hydrogen (secondary N) is 2. The number of rotatable bonds is 8. The van der Waals surface area contributed by atoms with Crippen molar-refractivity contribution in [3.05, 3.63) is 76.1 Å². The van der Waals surface area contributed by atoms with E-state index in [9.17, 15) is 14.9 Å². The Labute approximate surface area is 179 Å². The molecule has 160 valence electrons. The minimum absolute atomic E-state index is 0.00214. The van der Waals surface area contributed by atoms with Crippen molar-refractivity contribution in [1.82, 2.24) is 9.97 Å². The summed E-state index contributed by atoms with van der Waals surface area (Å²) in [5.74, 6) is -0.0391. The second kappa shape index (κ2) is 9.66. The van der Waals surface area contributed by atoms with Gasteiger partial charge in [0, 0.05) is 11.4 Å². The van der Waals surface area contributed by atoms with E-state index in [1.165, 1.54) is 6.33 Å². The van der Waals surface area contributed by atoms with Crippen molar-refractivity contribution in [3.8, 4) is 0 Å². The molecule has 3 aromatic rings. The van der Waals surface area contributed by atoms with Gasteiger partial charge in [-0.2, -0.15) is 0 Å². The Balaban J connectivity index is 1.89. The van der Waals surface area contributed by atoms with E-state index in [0.717, 1.165) is 5.56 Å². The molecule has 0 unspecified atom stereocenters. The normalized spacial score (nSPS) is 10.6. The molecule has 1 heterocycles. The van der Waals surface area contributed by atoms with Gasteiger partial charge in [0.15, 0.2) is 0 Å². The Morgan fingerprint density at radius 3 is 2.29 bits per heavy atom. The quantitative estimate of drug-likeness (QED) is 0.290. The third-order valence-corrected chi connectivity index (χ3v) is 4.48. The lowest BCUT2D eigenvalue weighted by Crippen LogP contribution is -2.07. The van der Waals surface area contributed by atoms with E-state index < -0.39 is 10.9 Å². The lowest BCUT2D eigenvalue weighted by atomic mass is 10.0. The summed E-state index contributed by atoms with van der Waals surface area (Å²) in [6, 6.07) is 14.1. The second-order valence-electron chi connectivity index (χ2n) is 7.00. The summed E-state index contributed by atoms with van der Waals surface area (Å²) in [7, 11) is 0. The van der Waals surface area contributed by atoms with Gasteiger partial charge >= 0.3 is 11.7 Å². The number of esters is 1. The maximum absolute atomic E-state index is 12.0. The van der Waals surface area contributed by atoms with Crippen LogP contribution >= 0.6 is 0 Å². The summed E-state index contributed by atoms with van der Waals surface area (Å²) in [4.78, 5) is 31.3. The van der Waals surface area contributed by atoms with Crippen molar-refractivity contribution in [2.45, 2.75) is 26.7 Å². The van der Waals surface area contributed by atoms with Crippen LogP contribution in [0.25, 0.3) is 0 Å². The molecule has 0 saturated heterocycles. The van der Waals surface area contributed by atoms with E-state index in [1.807, 2.05) is 24.3 Å². The molecule has 3 rings (SSSR count). The molecule has 0 fully saturated rings. The van der Waals surface area contributed by atoms with Crippen molar-refractivity contribution < 1.29 is 14.5 Å². The number of carbonyl (C=O) groups is 1. The molecule has 0 spiro atoms. The number of hydrogen-bond acceptors (Lipinski definition) is 8. The number of hydrogen-bond donors (Lipinski definition) is 2. The van der Waals surface area contributed by atoms with Gasteiger partial charge < -0.3 is 15.4 Å². The summed E-state index contributed by atoms with van der Waals surface area (Å²) in [5.41, 5.74) is 2.30. The van der Waals surface area contributed by atoms with Crippen LogP contribution in [0.15, 0.2) is 54.9 Å². The van der Waals surface area contributed by atoms with Crippen molar-refractivity contribution in [2.75, 3.05) is 17.2 Å². The van der Waals surface area contributed by atoms with E-state index in [1.54, 1.807) is 31.2 Å². The van der Waals surface area contributed by atoms with Crippen LogP contribution in [-0.2, 0) is 4.74 Å². The van der Waals surface area contributed by atoms with E-state index in [0.29, 0.717) is 22.9 Å². The van der Waals surface area contributed by atoms with Crippen LogP contribution in [0.2, 0.25) is 0 Å².